The fourth-order valence-electron chi connectivity index (χ4n) is 2.59. The maximum Gasteiger partial charge on any atom is 0.343 e. The molecule has 1 aliphatic heterocycles. The number of benzene rings is 2. The summed E-state index contributed by atoms with van der Waals surface area (Å²) in [5.41, 5.74) is 1.99. The summed E-state index contributed by atoms with van der Waals surface area (Å²) in [4.78, 5) is 25.6. The quantitative estimate of drug-likeness (QED) is 0.378. The van der Waals surface area contributed by atoms with Crippen molar-refractivity contribution in [2.24, 2.45) is 0 Å². The number of aryl methyl sites for hydroxylation is 1. The van der Waals surface area contributed by atoms with Crippen molar-refractivity contribution in [3.05, 3.63) is 87.3 Å². The first-order valence-corrected chi connectivity index (χ1v) is 8.89. The Bertz CT molecular complexity index is 1010. The number of fused-ring (bicyclic) bond motifs is 1. The van der Waals surface area contributed by atoms with Crippen LogP contribution in [0.3, 0.4) is 0 Å². The van der Waals surface area contributed by atoms with Gasteiger partial charge in [-0.2, -0.15) is 0 Å². The summed E-state index contributed by atoms with van der Waals surface area (Å²) in [5, 5.41) is 1.93. The monoisotopic (exact) mass is 362 g/mol. The van der Waals surface area contributed by atoms with Crippen LogP contribution in [0.2, 0.25) is 0 Å². The number of Topliss-reactive ketones (excluding diaryl/α,β-unsaturated/α-hetero) is 1. The van der Waals surface area contributed by atoms with Gasteiger partial charge in [-0.15, -0.1) is 11.3 Å². The second kappa shape index (κ2) is 6.61. The lowest BCUT2D eigenvalue weighted by Crippen LogP contribution is -2.08. The number of ether oxygens (including phenoxy) is 2. The Balaban J connectivity index is 1.55. The average Bonchev–Trinajstić information content (AvgIpc) is 3.24. The number of rotatable bonds is 3. The van der Waals surface area contributed by atoms with Crippen molar-refractivity contribution in [1.29, 1.82) is 0 Å². The summed E-state index contributed by atoms with van der Waals surface area (Å²) in [6.07, 6.45) is 1.71. The van der Waals surface area contributed by atoms with E-state index in [1.54, 1.807) is 36.4 Å². The number of hydrogen-bond donors (Lipinski definition) is 0. The van der Waals surface area contributed by atoms with Gasteiger partial charge in [0.1, 0.15) is 11.5 Å². The van der Waals surface area contributed by atoms with E-state index < -0.39 is 5.97 Å². The number of esters is 1. The van der Waals surface area contributed by atoms with Gasteiger partial charge in [0, 0.05) is 17.0 Å². The zero-order valence-corrected chi connectivity index (χ0v) is 14.7. The Labute approximate surface area is 154 Å². The first-order valence-electron chi connectivity index (χ1n) is 8.01. The molecule has 3 aromatic rings. The van der Waals surface area contributed by atoms with Crippen LogP contribution in [-0.2, 0) is 0 Å². The lowest BCUT2D eigenvalue weighted by Gasteiger charge is -2.06. The molecule has 4 nitrogen and oxygen atoms in total. The third-order valence-electron chi connectivity index (χ3n) is 3.96. The number of ketones is 1. The van der Waals surface area contributed by atoms with Gasteiger partial charge in [-0.1, -0.05) is 23.8 Å². The largest absolute Gasteiger partial charge is 0.452 e. The van der Waals surface area contributed by atoms with E-state index in [9.17, 15) is 9.59 Å². The van der Waals surface area contributed by atoms with Crippen LogP contribution in [-0.4, -0.2) is 11.8 Å². The smallest absolute Gasteiger partial charge is 0.343 e. The van der Waals surface area contributed by atoms with Crippen LogP contribution in [0.15, 0.2) is 65.7 Å². The third-order valence-corrected chi connectivity index (χ3v) is 4.78. The van der Waals surface area contributed by atoms with Crippen LogP contribution in [0.25, 0.3) is 6.08 Å². The molecule has 0 unspecified atom stereocenters. The van der Waals surface area contributed by atoms with Gasteiger partial charge in [0.2, 0.25) is 5.78 Å². The van der Waals surface area contributed by atoms with Crippen molar-refractivity contribution in [2.75, 3.05) is 0 Å². The first-order chi connectivity index (χ1) is 12.6. The maximum atomic E-state index is 12.4. The molecular weight excluding hydrogens is 348 g/mol. The summed E-state index contributed by atoms with van der Waals surface area (Å²) in [5.74, 6) is 0.365. The molecule has 0 saturated heterocycles. The minimum Gasteiger partial charge on any atom is -0.452 e. The predicted molar refractivity (Wildman–Crippen MR) is 99.8 cm³/mol. The molecule has 1 aliphatic rings. The van der Waals surface area contributed by atoms with Gasteiger partial charge in [0.15, 0.2) is 5.76 Å². The van der Waals surface area contributed by atoms with Crippen molar-refractivity contribution in [3.8, 4) is 11.5 Å². The second-order valence-corrected chi connectivity index (χ2v) is 6.85. The van der Waals surface area contributed by atoms with Crippen molar-refractivity contribution in [3.63, 3.8) is 0 Å². The number of allylic oxidation sites excluding steroid dienone is 1. The predicted octanol–water partition coefficient (Wildman–Crippen LogP) is 4.89. The van der Waals surface area contributed by atoms with Crippen LogP contribution in [0, 0.1) is 6.92 Å². The van der Waals surface area contributed by atoms with Crippen LogP contribution in [0.5, 0.6) is 11.5 Å². The topological polar surface area (TPSA) is 52.6 Å². The first kappa shape index (κ1) is 16.3. The summed E-state index contributed by atoms with van der Waals surface area (Å²) in [6, 6.07) is 15.7. The lowest BCUT2D eigenvalue weighted by molar-refractivity contribution is 0.0734. The molecule has 128 valence electrons. The van der Waals surface area contributed by atoms with Crippen molar-refractivity contribution < 1.29 is 19.1 Å². The highest BCUT2D eigenvalue weighted by Gasteiger charge is 2.28. The zero-order valence-electron chi connectivity index (χ0n) is 13.9. The molecule has 4 rings (SSSR count). The molecule has 0 spiro atoms. The maximum absolute atomic E-state index is 12.4. The SMILES string of the molecule is Cc1ccc(C(=O)Oc2ccc3c(c2)O/C(=C\c2cccs2)C3=O)cc1. The Hall–Kier alpha value is -3.18. The Morgan fingerprint density at radius 3 is 2.65 bits per heavy atom. The molecular formula is C21H14O4S. The van der Waals surface area contributed by atoms with E-state index in [1.165, 1.54) is 11.3 Å². The van der Waals surface area contributed by atoms with E-state index in [0.29, 0.717) is 22.6 Å². The minimum atomic E-state index is -0.455. The van der Waals surface area contributed by atoms with E-state index in [1.807, 2.05) is 36.6 Å². The second-order valence-electron chi connectivity index (χ2n) is 5.87. The Morgan fingerprint density at radius 1 is 1.12 bits per heavy atom. The average molecular weight is 362 g/mol. The van der Waals surface area contributed by atoms with E-state index in [4.69, 9.17) is 9.47 Å². The van der Waals surface area contributed by atoms with Gasteiger partial charge in [-0.25, -0.2) is 4.79 Å². The molecule has 5 heteroatoms. The number of carbonyl (C=O) groups excluding carboxylic acids is 2. The number of thiophene rings is 1. The molecule has 0 N–H and O–H groups in total. The van der Waals surface area contributed by atoms with Crippen molar-refractivity contribution in [1.82, 2.24) is 0 Å². The van der Waals surface area contributed by atoms with E-state index in [0.717, 1.165) is 10.4 Å². The third kappa shape index (κ3) is 3.17. The summed E-state index contributed by atoms with van der Waals surface area (Å²) in [6.45, 7) is 1.95. The van der Waals surface area contributed by atoms with Gasteiger partial charge in [-0.3, -0.25) is 4.79 Å². The summed E-state index contributed by atoms with van der Waals surface area (Å²) in [7, 11) is 0. The molecule has 1 aromatic heterocycles. The standard InChI is InChI=1S/C21H14O4S/c1-13-4-6-14(7-5-13)21(23)24-15-8-9-17-18(11-15)25-19(20(17)22)12-16-3-2-10-26-16/h2-12H,1H3/b19-12-. The number of hydrogen-bond acceptors (Lipinski definition) is 5. The summed E-state index contributed by atoms with van der Waals surface area (Å²) >= 11 is 1.52. The highest BCUT2D eigenvalue weighted by atomic mass is 32.1. The molecule has 0 bridgehead atoms. The van der Waals surface area contributed by atoms with Crippen LogP contribution in [0.4, 0.5) is 0 Å². The normalized spacial score (nSPS) is 14.2. The lowest BCUT2D eigenvalue weighted by atomic mass is 10.1. The summed E-state index contributed by atoms with van der Waals surface area (Å²) < 4.78 is 11.1. The molecule has 26 heavy (non-hydrogen) atoms. The van der Waals surface area contributed by atoms with Crippen LogP contribution < -0.4 is 9.47 Å². The Kier molecular flexibility index (Phi) is 4.14. The van der Waals surface area contributed by atoms with Crippen molar-refractivity contribution in [2.45, 2.75) is 6.92 Å². The van der Waals surface area contributed by atoms with Gasteiger partial charge in [0.05, 0.1) is 11.1 Å². The van der Waals surface area contributed by atoms with E-state index in [-0.39, 0.29) is 11.5 Å². The van der Waals surface area contributed by atoms with E-state index in [2.05, 4.69) is 0 Å². The Morgan fingerprint density at radius 2 is 1.92 bits per heavy atom. The van der Waals surface area contributed by atoms with Gasteiger partial charge in [0.25, 0.3) is 0 Å². The zero-order chi connectivity index (χ0) is 18.1. The molecule has 0 aliphatic carbocycles. The minimum absolute atomic E-state index is 0.176. The van der Waals surface area contributed by atoms with Gasteiger partial charge < -0.3 is 9.47 Å². The molecule has 0 atom stereocenters. The van der Waals surface area contributed by atoms with Gasteiger partial charge in [-0.05, 0) is 42.6 Å². The molecule has 0 saturated carbocycles. The van der Waals surface area contributed by atoms with Crippen molar-refractivity contribution >= 4 is 29.2 Å². The van der Waals surface area contributed by atoms with Gasteiger partial charge >= 0.3 is 5.97 Å². The van der Waals surface area contributed by atoms with Crippen LogP contribution in [0.1, 0.15) is 31.2 Å². The molecule has 2 aromatic carbocycles. The van der Waals surface area contributed by atoms with E-state index >= 15 is 0 Å². The number of carbonyl (C=O) groups is 2. The fraction of sp³-hybridized carbons (Fsp3) is 0.0476. The molecule has 0 amide bonds. The van der Waals surface area contributed by atoms with Crippen LogP contribution >= 0.6 is 11.3 Å². The molecule has 0 radical (unpaired) electrons. The molecule has 0 fully saturated rings. The fourth-order valence-corrected chi connectivity index (χ4v) is 3.24. The highest BCUT2D eigenvalue weighted by molar-refractivity contribution is 7.10. The highest BCUT2D eigenvalue weighted by Crippen LogP contribution is 2.35. The molecule has 2 heterocycles.